The van der Waals surface area contributed by atoms with E-state index in [2.05, 4.69) is 5.10 Å². The Morgan fingerprint density at radius 2 is 2.24 bits per heavy atom. The molecule has 0 aliphatic carbocycles. The molecule has 1 aliphatic heterocycles. The fourth-order valence-electron chi connectivity index (χ4n) is 2.75. The largest absolute Gasteiger partial charge is 0.384 e. The average molecular weight is 319 g/mol. The summed E-state index contributed by atoms with van der Waals surface area (Å²) in [6.45, 7) is 4.63. The van der Waals surface area contributed by atoms with Crippen LogP contribution in [0.25, 0.3) is 0 Å². The first-order chi connectivity index (χ1) is 10.1. The van der Waals surface area contributed by atoms with Gasteiger partial charge < -0.3 is 19.3 Å². The first kappa shape index (κ1) is 16.7. The van der Waals surface area contributed by atoms with Crippen LogP contribution in [0.2, 0.25) is 5.02 Å². The Bertz CT molecular complexity index is 441. The Balaban J connectivity index is 2.27. The number of hydrogen-bond acceptors (Lipinski definition) is 5. The summed E-state index contributed by atoms with van der Waals surface area (Å²) in [7, 11) is 1.63. The lowest BCUT2D eigenvalue weighted by atomic mass is 9.86. The molecule has 2 heterocycles. The van der Waals surface area contributed by atoms with E-state index in [9.17, 15) is 5.11 Å². The lowest BCUT2D eigenvalue weighted by molar-refractivity contribution is -0.169. The van der Waals surface area contributed by atoms with Crippen molar-refractivity contribution < 1.29 is 19.3 Å². The molecule has 1 saturated heterocycles. The molecule has 1 aromatic heterocycles. The van der Waals surface area contributed by atoms with Crippen LogP contribution in [0.4, 0.5) is 0 Å². The minimum Gasteiger partial charge on any atom is -0.384 e. The number of ether oxygens (including phenoxy) is 3. The third kappa shape index (κ3) is 3.57. The summed E-state index contributed by atoms with van der Waals surface area (Å²) in [6.07, 6.45) is 1.98. The molecule has 0 spiro atoms. The summed E-state index contributed by atoms with van der Waals surface area (Å²) in [6, 6.07) is 0. The van der Waals surface area contributed by atoms with Gasteiger partial charge in [-0.25, -0.2) is 0 Å². The van der Waals surface area contributed by atoms with Crippen LogP contribution in [-0.4, -0.2) is 54.0 Å². The van der Waals surface area contributed by atoms with Gasteiger partial charge in [0.1, 0.15) is 11.7 Å². The quantitative estimate of drug-likeness (QED) is 0.830. The van der Waals surface area contributed by atoms with Gasteiger partial charge in [-0.3, -0.25) is 4.68 Å². The Kier molecular flexibility index (Phi) is 6.01. The molecule has 7 heteroatoms. The highest BCUT2D eigenvalue weighted by Crippen LogP contribution is 2.40. The maximum Gasteiger partial charge on any atom is 0.126 e. The van der Waals surface area contributed by atoms with Gasteiger partial charge >= 0.3 is 0 Å². The number of halogens is 1. The molecule has 6 nitrogen and oxygen atoms in total. The molecule has 0 bridgehead atoms. The predicted molar refractivity (Wildman–Crippen MR) is 78.5 cm³/mol. The Labute approximate surface area is 129 Å². The van der Waals surface area contributed by atoms with Gasteiger partial charge in [0.05, 0.1) is 30.1 Å². The maximum absolute atomic E-state index is 10.9. The van der Waals surface area contributed by atoms with Gasteiger partial charge in [0.15, 0.2) is 0 Å². The zero-order valence-corrected chi connectivity index (χ0v) is 13.3. The van der Waals surface area contributed by atoms with Crippen molar-refractivity contribution in [1.29, 1.82) is 0 Å². The summed E-state index contributed by atoms with van der Waals surface area (Å²) < 4.78 is 18.1. The van der Waals surface area contributed by atoms with E-state index in [1.807, 2.05) is 6.92 Å². The number of rotatable bonds is 7. The summed E-state index contributed by atoms with van der Waals surface area (Å²) in [5, 5.41) is 15.6. The lowest BCUT2D eigenvalue weighted by Gasteiger charge is -2.40. The second kappa shape index (κ2) is 7.56. The highest BCUT2D eigenvalue weighted by molar-refractivity contribution is 6.31. The lowest BCUT2D eigenvalue weighted by Crippen LogP contribution is -2.45. The van der Waals surface area contributed by atoms with Crippen molar-refractivity contribution in [3.05, 3.63) is 16.9 Å². The molecular formula is C14H23ClN2O4. The molecule has 21 heavy (non-hydrogen) atoms. The fraction of sp³-hybridized carbons (Fsp3) is 0.786. The van der Waals surface area contributed by atoms with Gasteiger partial charge in [0.2, 0.25) is 0 Å². The zero-order valence-electron chi connectivity index (χ0n) is 12.5. The minimum absolute atomic E-state index is 0.448. The third-order valence-corrected chi connectivity index (χ3v) is 4.16. The molecule has 1 aliphatic rings. The number of methoxy groups -OCH3 is 1. The first-order valence-corrected chi connectivity index (χ1v) is 7.62. The summed E-state index contributed by atoms with van der Waals surface area (Å²) in [4.78, 5) is 0. The van der Waals surface area contributed by atoms with Gasteiger partial charge in [-0.2, -0.15) is 5.10 Å². The van der Waals surface area contributed by atoms with E-state index >= 15 is 0 Å². The van der Waals surface area contributed by atoms with E-state index in [0.29, 0.717) is 56.5 Å². The summed E-state index contributed by atoms with van der Waals surface area (Å²) in [5.41, 5.74) is -0.0781. The topological polar surface area (TPSA) is 65.7 Å². The molecule has 1 fully saturated rings. The van der Waals surface area contributed by atoms with E-state index in [1.54, 1.807) is 18.0 Å². The normalized spacial score (nSPS) is 19.6. The number of nitrogens with zero attached hydrogens (tertiary/aromatic N) is 2. The Morgan fingerprint density at radius 3 is 2.86 bits per heavy atom. The molecular weight excluding hydrogens is 296 g/mol. The molecule has 0 aromatic carbocycles. The van der Waals surface area contributed by atoms with Gasteiger partial charge in [-0.05, 0) is 6.92 Å². The van der Waals surface area contributed by atoms with Gasteiger partial charge in [0.25, 0.3) is 0 Å². The number of hydrogen-bond donors (Lipinski definition) is 1. The van der Waals surface area contributed by atoms with E-state index in [1.165, 1.54) is 0 Å². The molecule has 1 atom stereocenters. The van der Waals surface area contributed by atoms with Gasteiger partial charge in [-0.1, -0.05) is 11.6 Å². The number of aromatic nitrogens is 2. The van der Waals surface area contributed by atoms with Crippen molar-refractivity contribution in [3.8, 4) is 0 Å². The summed E-state index contributed by atoms with van der Waals surface area (Å²) >= 11 is 6.23. The highest BCUT2D eigenvalue weighted by Gasteiger charge is 2.43. The van der Waals surface area contributed by atoms with E-state index < -0.39 is 11.7 Å². The van der Waals surface area contributed by atoms with Gasteiger partial charge in [0, 0.05) is 39.8 Å². The van der Waals surface area contributed by atoms with Crippen molar-refractivity contribution in [2.45, 2.75) is 38.0 Å². The minimum atomic E-state index is -0.840. The van der Waals surface area contributed by atoms with Crippen LogP contribution >= 0.6 is 11.6 Å². The maximum atomic E-state index is 10.9. The van der Waals surface area contributed by atoms with Gasteiger partial charge in [-0.15, -0.1) is 0 Å². The second-order valence-corrected chi connectivity index (χ2v) is 5.51. The van der Waals surface area contributed by atoms with Crippen LogP contribution in [-0.2, 0) is 20.8 Å². The van der Waals surface area contributed by atoms with Crippen LogP contribution < -0.4 is 0 Å². The number of aliphatic hydroxyl groups excluding tert-OH is 1. The molecule has 0 radical (unpaired) electrons. The fourth-order valence-corrected chi connectivity index (χ4v) is 2.99. The Morgan fingerprint density at radius 1 is 1.52 bits per heavy atom. The summed E-state index contributed by atoms with van der Waals surface area (Å²) in [5.74, 6) is 0. The highest BCUT2D eigenvalue weighted by atomic mass is 35.5. The predicted octanol–water partition coefficient (Wildman–Crippen LogP) is 1.80. The molecule has 0 amide bonds. The van der Waals surface area contributed by atoms with E-state index in [-0.39, 0.29) is 0 Å². The first-order valence-electron chi connectivity index (χ1n) is 7.24. The van der Waals surface area contributed by atoms with Crippen molar-refractivity contribution in [2.75, 3.05) is 33.5 Å². The Hall–Kier alpha value is -0.660. The van der Waals surface area contributed by atoms with Crippen molar-refractivity contribution in [3.63, 3.8) is 0 Å². The molecule has 1 unspecified atom stereocenters. The molecule has 1 N–H and O–H groups in total. The molecule has 1 aromatic rings. The third-order valence-electron chi connectivity index (χ3n) is 3.87. The molecule has 120 valence electrons. The van der Waals surface area contributed by atoms with Crippen LogP contribution in [0.5, 0.6) is 0 Å². The van der Waals surface area contributed by atoms with Crippen LogP contribution in [0, 0.1) is 0 Å². The SMILES string of the molecule is CCOC1(C(O)c2c(Cl)cnn2CCOC)CCOCC1. The van der Waals surface area contributed by atoms with E-state index in [4.69, 9.17) is 25.8 Å². The van der Waals surface area contributed by atoms with Crippen molar-refractivity contribution in [1.82, 2.24) is 9.78 Å². The molecule has 2 rings (SSSR count). The smallest absolute Gasteiger partial charge is 0.126 e. The van der Waals surface area contributed by atoms with Crippen LogP contribution in [0.3, 0.4) is 0 Å². The monoisotopic (exact) mass is 318 g/mol. The van der Waals surface area contributed by atoms with Crippen LogP contribution in [0.15, 0.2) is 6.20 Å². The average Bonchev–Trinajstić information content (AvgIpc) is 2.86. The number of aliphatic hydroxyl groups is 1. The van der Waals surface area contributed by atoms with Crippen LogP contribution in [0.1, 0.15) is 31.6 Å². The standard InChI is InChI=1S/C14H23ClN2O4/c1-3-21-14(4-7-20-8-5-14)13(18)12-11(15)10-16-17(12)6-9-19-2/h10,13,18H,3-9H2,1-2H3. The molecule has 0 saturated carbocycles. The van der Waals surface area contributed by atoms with Crippen molar-refractivity contribution >= 4 is 11.6 Å². The zero-order chi connectivity index (χ0) is 15.3. The second-order valence-electron chi connectivity index (χ2n) is 5.11. The van der Waals surface area contributed by atoms with Crippen molar-refractivity contribution in [2.24, 2.45) is 0 Å². The van der Waals surface area contributed by atoms with E-state index in [0.717, 1.165) is 0 Å².